The minimum atomic E-state index is -1.40. The van der Waals surface area contributed by atoms with Crippen molar-refractivity contribution >= 4 is 11.9 Å². The smallest absolute Gasteiger partial charge is 0.303 e. The molecule has 0 radical (unpaired) electrons. The summed E-state index contributed by atoms with van der Waals surface area (Å²) in [5.41, 5.74) is 5.48. The van der Waals surface area contributed by atoms with Gasteiger partial charge in [-0.05, 0) is 33.4 Å². The van der Waals surface area contributed by atoms with Crippen LogP contribution >= 0.6 is 0 Å². The highest BCUT2D eigenvalue weighted by Gasteiger charge is 2.55. The number of hydrogen-bond acceptors (Lipinski definition) is 13. The molecule has 13 heteroatoms. The molecule has 71 heavy (non-hydrogen) atoms. The van der Waals surface area contributed by atoms with E-state index in [1.54, 1.807) is 0 Å². The Hall–Kier alpha value is -6.10. The van der Waals surface area contributed by atoms with Crippen LogP contribution in [0.25, 0.3) is 0 Å². The van der Waals surface area contributed by atoms with Gasteiger partial charge in [-0.2, -0.15) is 0 Å². The van der Waals surface area contributed by atoms with E-state index in [2.05, 4.69) is 0 Å². The summed E-state index contributed by atoms with van der Waals surface area (Å²) in [6.07, 6.45) is -10.7. The summed E-state index contributed by atoms with van der Waals surface area (Å²) in [4.78, 5) is 26.5. The maximum Gasteiger partial charge on any atom is 0.303 e. The van der Waals surface area contributed by atoms with Crippen LogP contribution in [0.4, 0.5) is 0 Å². The third-order valence-electron chi connectivity index (χ3n) is 12.0. The van der Waals surface area contributed by atoms with Gasteiger partial charge in [-0.3, -0.25) is 9.59 Å². The largest absolute Gasteiger partial charge is 0.454 e. The first-order chi connectivity index (χ1) is 34.9. The molecule has 0 unspecified atom stereocenters. The molecule has 0 aromatic heterocycles. The maximum absolute atomic E-state index is 13.3. The van der Waals surface area contributed by atoms with Gasteiger partial charge in [0.1, 0.15) is 36.6 Å². The van der Waals surface area contributed by atoms with Crippen molar-refractivity contribution in [3.05, 3.63) is 215 Å². The zero-order chi connectivity index (χ0) is 49.0. The first kappa shape index (κ1) is 51.3. The molecule has 6 aromatic rings. The monoisotopic (exact) mass is 966 g/mol. The lowest BCUT2D eigenvalue weighted by molar-refractivity contribution is -0.387. The number of carbonyl (C=O) groups excluding carboxylic acids is 2. The van der Waals surface area contributed by atoms with E-state index in [9.17, 15) is 9.59 Å². The van der Waals surface area contributed by atoms with Crippen LogP contribution in [0.1, 0.15) is 47.2 Å². The first-order valence-corrected chi connectivity index (χ1v) is 24.0. The van der Waals surface area contributed by atoms with Crippen molar-refractivity contribution in [2.75, 3.05) is 13.2 Å². The van der Waals surface area contributed by atoms with Gasteiger partial charge < -0.3 is 52.1 Å². The van der Waals surface area contributed by atoms with Crippen LogP contribution in [0, 0.1) is 0 Å². The Balaban J connectivity index is 1.16. The summed E-state index contributed by atoms with van der Waals surface area (Å²) in [5, 5.41) is 0. The van der Waals surface area contributed by atoms with Gasteiger partial charge in [-0.1, -0.05) is 182 Å². The van der Waals surface area contributed by atoms with Crippen molar-refractivity contribution in [2.45, 2.75) is 115 Å². The van der Waals surface area contributed by atoms with E-state index in [4.69, 9.17) is 52.1 Å². The van der Waals surface area contributed by atoms with Crippen LogP contribution in [-0.2, 0) is 101 Å². The predicted molar refractivity (Wildman–Crippen MR) is 262 cm³/mol. The number of benzene rings is 6. The number of rotatable bonds is 24. The van der Waals surface area contributed by atoms with Crippen LogP contribution < -0.4 is 0 Å². The van der Waals surface area contributed by atoms with E-state index in [0.29, 0.717) is 0 Å². The van der Waals surface area contributed by atoms with Crippen LogP contribution in [0.2, 0.25) is 0 Å². The van der Waals surface area contributed by atoms with Crippen molar-refractivity contribution in [1.82, 2.24) is 0 Å². The van der Waals surface area contributed by atoms with E-state index < -0.39 is 73.4 Å². The molecule has 8 rings (SSSR count). The molecule has 2 aliphatic heterocycles. The third kappa shape index (κ3) is 15.4. The SMILES string of the molecule is CC(=O)O[C@@H]1[C@H](O[C@H]2O[C@H](COCc3ccccc3)[C@@H](OCc3ccccc3)[C@H](OCc3ccccc3)[C@@H]2OC(C)=O)O[C@H](COCc2ccccc2)[C@@H](OCc2ccccc2)[C@@H]1OCc1ccccc1. The summed E-state index contributed by atoms with van der Waals surface area (Å²) in [5.74, 6) is -1.24. The lowest BCUT2D eigenvalue weighted by Crippen LogP contribution is -2.66. The fourth-order valence-electron chi connectivity index (χ4n) is 8.59. The number of ether oxygens (including phenoxy) is 11. The zero-order valence-electron chi connectivity index (χ0n) is 40.1. The predicted octanol–water partition coefficient (Wildman–Crippen LogP) is 9.09. The Labute approximate surface area is 415 Å². The molecule has 2 aliphatic rings. The van der Waals surface area contributed by atoms with Gasteiger partial charge >= 0.3 is 11.9 Å². The topological polar surface area (TPSA) is 136 Å². The standard InChI is InChI=1S/C58H62O13/c1-41(59)67-55-53(65-37-47-29-17-7-18-30-47)51(63-35-45-25-13-5-14-26-45)49(39-61-33-43-21-9-3-10-22-43)69-57(55)71-58-56(68-42(2)60)54(66-38-48-31-19-8-20-32-48)52(64-36-46-27-15-6-16-28-46)50(70-58)40-62-34-44-23-11-4-12-24-44/h3-32,49-58H,33-40H2,1-2H3/t49-,50-,51-,52-,53+,54+,55+,56+,57-,58+/m1/s1. The fraction of sp³-hybridized carbons (Fsp3) is 0.345. The Morgan fingerprint density at radius 3 is 0.873 bits per heavy atom. The average molecular weight is 967 g/mol. The Kier molecular flexibility index (Phi) is 19.4. The second kappa shape index (κ2) is 26.9. The highest BCUT2D eigenvalue weighted by molar-refractivity contribution is 5.66. The fourth-order valence-corrected chi connectivity index (χ4v) is 8.59. The molecular formula is C58H62O13. The molecule has 6 aromatic carbocycles. The highest BCUT2D eigenvalue weighted by Crippen LogP contribution is 2.36. The third-order valence-corrected chi connectivity index (χ3v) is 12.0. The minimum Gasteiger partial charge on any atom is -0.454 e. The van der Waals surface area contributed by atoms with Gasteiger partial charge in [0.15, 0.2) is 12.2 Å². The molecule has 2 saturated heterocycles. The van der Waals surface area contributed by atoms with Gasteiger partial charge in [0.05, 0.1) is 52.9 Å². The van der Waals surface area contributed by atoms with Gasteiger partial charge in [0.2, 0.25) is 12.6 Å². The van der Waals surface area contributed by atoms with Crippen LogP contribution in [0.3, 0.4) is 0 Å². The van der Waals surface area contributed by atoms with Crippen LogP contribution in [0.5, 0.6) is 0 Å². The van der Waals surface area contributed by atoms with Crippen LogP contribution in [0.15, 0.2) is 182 Å². The van der Waals surface area contributed by atoms with E-state index in [1.165, 1.54) is 13.8 Å². The molecule has 0 bridgehead atoms. The summed E-state index contributed by atoms with van der Waals surface area (Å²) >= 11 is 0. The summed E-state index contributed by atoms with van der Waals surface area (Å²) in [7, 11) is 0. The molecule has 0 aliphatic carbocycles. The van der Waals surface area contributed by atoms with Crippen molar-refractivity contribution < 1.29 is 61.7 Å². The highest BCUT2D eigenvalue weighted by atomic mass is 16.8. The summed E-state index contributed by atoms with van der Waals surface area (Å²) in [6.45, 7) is 3.84. The first-order valence-electron chi connectivity index (χ1n) is 24.0. The number of esters is 2. The van der Waals surface area contributed by atoms with E-state index in [0.717, 1.165) is 33.4 Å². The molecule has 2 fully saturated rings. The van der Waals surface area contributed by atoms with Crippen molar-refractivity contribution in [2.24, 2.45) is 0 Å². The molecule has 0 amide bonds. The van der Waals surface area contributed by atoms with Crippen molar-refractivity contribution in [3.63, 3.8) is 0 Å². The molecule has 13 nitrogen and oxygen atoms in total. The van der Waals surface area contributed by atoms with Gasteiger partial charge in [-0.15, -0.1) is 0 Å². The Morgan fingerprint density at radius 2 is 0.606 bits per heavy atom. The molecule has 0 spiro atoms. The molecule has 0 saturated carbocycles. The van der Waals surface area contributed by atoms with Gasteiger partial charge in [0.25, 0.3) is 0 Å². The van der Waals surface area contributed by atoms with E-state index >= 15 is 0 Å². The second-order valence-electron chi connectivity index (χ2n) is 17.4. The number of carbonyl (C=O) groups is 2. The molecule has 2 heterocycles. The van der Waals surface area contributed by atoms with E-state index in [-0.39, 0.29) is 52.9 Å². The second-order valence-corrected chi connectivity index (χ2v) is 17.4. The molecular weight excluding hydrogens is 905 g/mol. The molecule has 10 atom stereocenters. The minimum absolute atomic E-state index is 0.0270. The lowest BCUT2D eigenvalue weighted by Gasteiger charge is -2.49. The Morgan fingerprint density at radius 1 is 0.352 bits per heavy atom. The lowest BCUT2D eigenvalue weighted by atomic mass is 9.96. The van der Waals surface area contributed by atoms with Crippen LogP contribution in [-0.4, -0.2) is 86.6 Å². The summed E-state index contributed by atoms with van der Waals surface area (Å²) < 4.78 is 72.9. The summed E-state index contributed by atoms with van der Waals surface area (Å²) in [6, 6.07) is 58.3. The Bertz CT molecular complexity index is 2280. The number of hydrogen-bond donors (Lipinski definition) is 0. The van der Waals surface area contributed by atoms with Crippen molar-refractivity contribution in [1.29, 1.82) is 0 Å². The van der Waals surface area contributed by atoms with Gasteiger partial charge in [0, 0.05) is 13.8 Å². The van der Waals surface area contributed by atoms with Crippen molar-refractivity contribution in [3.8, 4) is 0 Å². The normalized spacial score (nSPS) is 24.2. The van der Waals surface area contributed by atoms with Gasteiger partial charge in [-0.25, -0.2) is 0 Å². The zero-order valence-corrected chi connectivity index (χ0v) is 40.1. The quantitative estimate of drug-likeness (QED) is 0.0535. The average Bonchev–Trinajstić information content (AvgIpc) is 3.39. The molecule has 372 valence electrons. The maximum atomic E-state index is 13.3. The molecule has 0 N–H and O–H groups in total. The van der Waals surface area contributed by atoms with E-state index in [1.807, 2.05) is 182 Å².